The van der Waals surface area contributed by atoms with E-state index in [9.17, 15) is 4.79 Å². The maximum absolute atomic E-state index is 10.9. The average Bonchev–Trinajstić information content (AvgIpc) is 2.24. The number of nitrogens with one attached hydrogen (secondary N) is 1. The molecule has 0 rings (SSSR count). The SMILES string of the molecule is CCCCCCCCNC(CC(=O)O)C[N+](C)(C)C. The second-order valence-electron chi connectivity index (χ2n) is 6.49. The Morgan fingerprint density at radius 3 is 2.21 bits per heavy atom. The zero-order chi connectivity index (χ0) is 14.7. The number of nitrogens with zero attached hydrogens (tertiary/aromatic N) is 1. The maximum Gasteiger partial charge on any atom is 0.305 e. The molecule has 2 N–H and O–H groups in total. The fraction of sp³-hybridized carbons (Fsp3) is 0.933. The van der Waals surface area contributed by atoms with Crippen molar-refractivity contribution in [3.8, 4) is 0 Å². The number of unbranched alkanes of at least 4 members (excludes halogenated alkanes) is 5. The number of rotatable bonds is 12. The van der Waals surface area contributed by atoms with E-state index < -0.39 is 5.97 Å². The van der Waals surface area contributed by atoms with Crippen molar-refractivity contribution >= 4 is 5.97 Å². The molecule has 4 heteroatoms. The summed E-state index contributed by atoms with van der Waals surface area (Å²) in [6, 6.07) is 0.0770. The molecule has 0 aromatic heterocycles. The molecule has 0 aromatic rings. The number of hydrogen-bond acceptors (Lipinski definition) is 2. The van der Waals surface area contributed by atoms with Gasteiger partial charge in [0.1, 0.15) is 0 Å². The molecule has 19 heavy (non-hydrogen) atoms. The Balaban J connectivity index is 3.77. The van der Waals surface area contributed by atoms with Gasteiger partial charge < -0.3 is 14.9 Å². The van der Waals surface area contributed by atoms with Crippen LogP contribution in [0.3, 0.4) is 0 Å². The molecular weight excluding hydrogens is 240 g/mol. The first-order valence-electron chi connectivity index (χ1n) is 7.60. The average molecular weight is 273 g/mol. The van der Waals surface area contributed by atoms with Crippen molar-refractivity contribution < 1.29 is 14.4 Å². The Kier molecular flexibility index (Phi) is 9.88. The highest BCUT2D eigenvalue weighted by Gasteiger charge is 2.20. The van der Waals surface area contributed by atoms with E-state index in [1.165, 1.54) is 32.1 Å². The molecule has 4 nitrogen and oxygen atoms in total. The Morgan fingerprint density at radius 2 is 1.68 bits per heavy atom. The van der Waals surface area contributed by atoms with Crippen molar-refractivity contribution in [1.82, 2.24) is 5.32 Å². The predicted octanol–water partition coefficient (Wildman–Crippen LogP) is 2.49. The van der Waals surface area contributed by atoms with Gasteiger partial charge in [-0.3, -0.25) is 4.79 Å². The third kappa shape index (κ3) is 13.6. The number of quaternary nitrogens is 1. The predicted molar refractivity (Wildman–Crippen MR) is 80.3 cm³/mol. The standard InChI is InChI=1S/C15H32N2O2/c1-5-6-7-8-9-10-11-16-14(12-15(18)19)13-17(2,3)4/h14,16H,5-13H2,1-4H3/p+1. The third-order valence-electron chi connectivity index (χ3n) is 3.15. The molecule has 0 fully saturated rings. The molecule has 0 aliphatic heterocycles. The van der Waals surface area contributed by atoms with Crippen molar-refractivity contribution in [2.24, 2.45) is 0 Å². The van der Waals surface area contributed by atoms with Crippen LogP contribution in [0.4, 0.5) is 0 Å². The third-order valence-corrected chi connectivity index (χ3v) is 3.15. The molecule has 0 amide bonds. The molecule has 0 radical (unpaired) electrons. The number of carboxylic acid groups (broad SMARTS) is 1. The highest BCUT2D eigenvalue weighted by molar-refractivity contribution is 5.67. The Bertz CT molecular complexity index is 237. The smallest absolute Gasteiger partial charge is 0.305 e. The van der Waals surface area contributed by atoms with Crippen molar-refractivity contribution in [2.45, 2.75) is 57.9 Å². The molecule has 0 spiro atoms. The first kappa shape index (κ1) is 18.4. The molecule has 0 saturated heterocycles. The molecule has 0 saturated carbocycles. The molecule has 0 bridgehead atoms. The van der Waals surface area contributed by atoms with Crippen LogP contribution in [-0.4, -0.2) is 55.8 Å². The fourth-order valence-corrected chi connectivity index (χ4v) is 2.28. The van der Waals surface area contributed by atoms with Gasteiger partial charge in [0, 0.05) is 0 Å². The lowest BCUT2D eigenvalue weighted by Gasteiger charge is -2.29. The largest absolute Gasteiger partial charge is 0.481 e. The number of aliphatic carboxylic acids is 1. The van der Waals surface area contributed by atoms with Crippen LogP contribution in [0, 0.1) is 0 Å². The van der Waals surface area contributed by atoms with Gasteiger partial charge in [0.15, 0.2) is 0 Å². The zero-order valence-electron chi connectivity index (χ0n) is 13.2. The minimum atomic E-state index is -0.714. The first-order chi connectivity index (χ1) is 8.85. The molecule has 1 atom stereocenters. The summed E-state index contributed by atoms with van der Waals surface area (Å²) in [5.74, 6) is -0.714. The van der Waals surface area contributed by atoms with Crippen LogP contribution < -0.4 is 5.32 Å². The van der Waals surface area contributed by atoms with Crippen LogP contribution in [0.5, 0.6) is 0 Å². The monoisotopic (exact) mass is 273 g/mol. The van der Waals surface area contributed by atoms with Crippen LogP contribution in [0.25, 0.3) is 0 Å². The number of carboxylic acids is 1. The summed E-state index contributed by atoms with van der Waals surface area (Å²) < 4.78 is 0.793. The van der Waals surface area contributed by atoms with E-state index in [0.29, 0.717) is 0 Å². The van der Waals surface area contributed by atoms with Crippen LogP contribution in [0.2, 0.25) is 0 Å². The van der Waals surface area contributed by atoms with Gasteiger partial charge in [-0.05, 0) is 13.0 Å². The van der Waals surface area contributed by atoms with Crippen LogP contribution in [-0.2, 0) is 4.79 Å². The van der Waals surface area contributed by atoms with E-state index >= 15 is 0 Å². The van der Waals surface area contributed by atoms with Gasteiger partial charge in [0.05, 0.1) is 40.2 Å². The minimum Gasteiger partial charge on any atom is -0.481 e. The summed E-state index contributed by atoms with van der Waals surface area (Å²) in [5.41, 5.74) is 0. The Morgan fingerprint density at radius 1 is 1.11 bits per heavy atom. The molecule has 0 aliphatic rings. The van der Waals surface area contributed by atoms with Gasteiger partial charge in [0.2, 0.25) is 0 Å². The highest BCUT2D eigenvalue weighted by atomic mass is 16.4. The van der Waals surface area contributed by atoms with E-state index in [-0.39, 0.29) is 12.5 Å². The summed E-state index contributed by atoms with van der Waals surface area (Å²) in [6.07, 6.45) is 7.85. The van der Waals surface area contributed by atoms with Crippen molar-refractivity contribution in [3.63, 3.8) is 0 Å². The van der Waals surface area contributed by atoms with Gasteiger partial charge in [-0.25, -0.2) is 0 Å². The zero-order valence-corrected chi connectivity index (χ0v) is 13.2. The lowest BCUT2D eigenvalue weighted by molar-refractivity contribution is -0.871. The lowest BCUT2D eigenvalue weighted by atomic mass is 10.1. The summed E-state index contributed by atoms with van der Waals surface area (Å²) in [5, 5.41) is 12.3. The molecule has 0 heterocycles. The van der Waals surface area contributed by atoms with Crippen molar-refractivity contribution in [1.29, 1.82) is 0 Å². The summed E-state index contributed by atoms with van der Waals surface area (Å²) in [4.78, 5) is 10.9. The van der Waals surface area contributed by atoms with E-state index in [1.54, 1.807) is 0 Å². The van der Waals surface area contributed by atoms with Gasteiger partial charge in [-0.2, -0.15) is 0 Å². The van der Waals surface area contributed by atoms with Crippen molar-refractivity contribution in [3.05, 3.63) is 0 Å². The van der Waals surface area contributed by atoms with Gasteiger partial charge in [-0.1, -0.05) is 39.0 Å². The van der Waals surface area contributed by atoms with E-state index in [2.05, 4.69) is 33.4 Å². The molecule has 0 aromatic carbocycles. The summed E-state index contributed by atoms with van der Waals surface area (Å²) >= 11 is 0. The lowest BCUT2D eigenvalue weighted by Crippen LogP contribution is -2.48. The van der Waals surface area contributed by atoms with E-state index in [0.717, 1.165) is 24.0 Å². The van der Waals surface area contributed by atoms with Crippen LogP contribution in [0.15, 0.2) is 0 Å². The minimum absolute atomic E-state index is 0.0770. The van der Waals surface area contributed by atoms with Crippen LogP contribution >= 0.6 is 0 Å². The summed E-state index contributed by atoms with van der Waals surface area (Å²) in [6.45, 7) is 4.01. The highest BCUT2D eigenvalue weighted by Crippen LogP contribution is 2.05. The van der Waals surface area contributed by atoms with Gasteiger partial charge in [0.25, 0.3) is 0 Å². The second kappa shape index (κ2) is 10.2. The normalized spacial score (nSPS) is 13.5. The topological polar surface area (TPSA) is 49.3 Å². The molecule has 1 unspecified atom stereocenters. The number of likely N-dealkylation sites (N-methyl/N-ethyl adjacent to an activating group) is 1. The van der Waals surface area contributed by atoms with Gasteiger partial charge >= 0.3 is 5.97 Å². The second-order valence-corrected chi connectivity index (χ2v) is 6.49. The molecule has 114 valence electrons. The van der Waals surface area contributed by atoms with Crippen LogP contribution in [0.1, 0.15) is 51.9 Å². The summed E-state index contributed by atoms with van der Waals surface area (Å²) in [7, 11) is 6.30. The maximum atomic E-state index is 10.9. The number of hydrogen-bond donors (Lipinski definition) is 2. The fourth-order valence-electron chi connectivity index (χ4n) is 2.28. The molecule has 0 aliphatic carbocycles. The van der Waals surface area contributed by atoms with E-state index in [4.69, 9.17) is 5.11 Å². The Labute approximate surface area is 118 Å². The van der Waals surface area contributed by atoms with Crippen molar-refractivity contribution in [2.75, 3.05) is 34.2 Å². The Hall–Kier alpha value is -0.610. The first-order valence-corrected chi connectivity index (χ1v) is 7.60. The quantitative estimate of drug-likeness (QED) is 0.424. The number of carbonyl (C=O) groups is 1. The van der Waals surface area contributed by atoms with E-state index in [1.807, 2.05) is 0 Å². The van der Waals surface area contributed by atoms with Gasteiger partial charge in [-0.15, -0.1) is 0 Å². The molecular formula is C15H33N2O2+.